The summed E-state index contributed by atoms with van der Waals surface area (Å²) in [5.41, 5.74) is 3.42. The number of hydrogen-bond acceptors (Lipinski definition) is 3. The minimum Gasteiger partial charge on any atom is -0.387 e. The van der Waals surface area contributed by atoms with E-state index < -0.39 is 6.10 Å². The molecule has 134 valence electrons. The fourth-order valence-corrected chi connectivity index (χ4v) is 5.13. The fourth-order valence-electron chi connectivity index (χ4n) is 5.13. The van der Waals surface area contributed by atoms with Crippen LogP contribution in [0.1, 0.15) is 32.3 Å². The summed E-state index contributed by atoms with van der Waals surface area (Å²) < 4.78 is 0. The van der Waals surface area contributed by atoms with E-state index in [1.54, 1.807) is 0 Å². The van der Waals surface area contributed by atoms with Gasteiger partial charge in [0.25, 0.3) is 0 Å². The number of piperidine rings is 1. The molecular formula is C21H29N2O2+. The Hall–Kier alpha value is -1.65. The number of likely N-dealkylation sites (tertiary alicyclic amines) is 1. The molecular weight excluding hydrogens is 312 g/mol. The zero-order chi connectivity index (χ0) is 17.8. The normalized spacial score (nSPS) is 34.1. The number of quaternary nitrogens is 1. The number of rotatable bonds is 2. The first kappa shape index (κ1) is 16.8. The lowest BCUT2D eigenvalue weighted by molar-refractivity contribution is -0.891. The summed E-state index contributed by atoms with van der Waals surface area (Å²) in [6, 6.07) is 10.7. The molecule has 1 aliphatic carbocycles. The molecule has 2 heterocycles. The lowest BCUT2D eigenvalue weighted by Crippen LogP contribution is -3.13. The number of carbonyl (C=O) groups excluding carboxylic acids is 1. The van der Waals surface area contributed by atoms with Crippen molar-refractivity contribution >= 4 is 5.78 Å². The van der Waals surface area contributed by atoms with Gasteiger partial charge in [0.1, 0.15) is 12.6 Å². The number of carbonyl (C=O) groups is 1. The number of aliphatic hydroxyl groups is 1. The fraction of sp³-hybridized carbons (Fsp3) is 0.571. The number of aliphatic hydroxyl groups excluding tert-OH is 1. The molecule has 1 fully saturated rings. The summed E-state index contributed by atoms with van der Waals surface area (Å²) in [7, 11) is 2.14. The summed E-state index contributed by atoms with van der Waals surface area (Å²) in [5.74, 6) is 0.251. The van der Waals surface area contributed by atoms with Crippen LogP contribution in [0.2, 0.25) is 0 Å². The van der Waals surface area contributed by atoms with Gasteiger partial charge in [-0.1, -0.05) is 44.2 Å². The van der Waals surface area contributed by atoms with Gasteiger partial charge in [0.2, 0.25) is 0 Å². The first-order chi connectivity index (χ1) is 11.9. The van der Waals surface area contributed by atoms with Crippen LogP contribution < -0.4 is 4.90 Å². The van der Waals surface area contributed by atoms with E-state index in [2.05, 4.69) is 50.1 Å². The second-order valence-corrected chi connectivity index (χ2v) is 8.94. The molecule has 0 bridgehead atoms. The lowest BCUT2D eigenvalue weighted by atomic mass is 9.72. The SMILES string of the molecule is C[NH+]1C[C@H](O)[C@@H]2C3=C(CC(C)(C)CC3=O)N(Cc3ccccc3)[C@H]2C1. The van der Waals surface area contributed by atoms with Crippen LogP contribution in [0.25, 0.3) is 0 Å². The maximum absolute atomic E-state index is 13.0. The van der Waals surface area contributed by atoms with Crippen molar-refractivity contribution < 1.29 is 14.8 Å². The number of ketones is 1. The Morgan fingerprint density at radius 1 is 1.20 bits per heavy atom. The first-order valence-corrected chi connectivity index (χ1v) is 9.42. The number of nitrogens with zero attached hydrogens (tertiary/aromatic N) is 1. The first-order valence-electron chi connectivity index (χ1n) is 9.42. The van der Waals surface area contributed by atoms with Crippen LogP contribution in [0.3, 0.4) is 0 Å². The lowest BCUT2D eigenvalue weighted by Gasteiger charge is -2.39. The van der Waals surface area contributed by atoms with E-state index in [9.17, 15) is 9.90 Å². The van der Waals surface area contributed by atoms with Gasteiger partial charge in [0.15, 0.2) is 5.78 Å². The van der Waals surface area contributed by atoms with Crippen molar-refractivity contribution in [1.82, 2.24) is 4.90 Å². The largest absolute Gasteiger partial charge is 0.387 e. The molecule has 0 aromatic heterocycles. The Kier molecular flexibility index (Phi) is 4.00. The highest BCUT2D eigenvalue weighted by Crippen LogP contribution is 2.48. The van der Waals surface area contributed by atoms with Crippen molar-refractivity contribution in [3.8, 4) is 0 Å². The van der Waals surface area contributed by atoms with Crippen LogP contribution in [-0.4, -0.2) is 48.1 Å². The number of hydrogen-bond donors (Lipinski definition) is 2. The maximum Gasteiger partial charge on any atom is 0.161 e. The highest BCUT2D eigenvalue weighted by Gasteiger charge is 2.53. The Balaban J connectivity index is 1.75. The quantitative estimate of drug-likeness (QED) is 0.844. The average molecular weight is 341 g/mol. The summed E-state index contributed by atoms with van der Waals surface area (Å²) in [5, 5.41) is 10.8. The van der Waals surface area contributed by atoms with Crippen molar-refractivity contribution in [2.45, 2.75) is 45.4 Å². The summed E-state index contributed by atoms with van der Waals surface area (Å²) >= 11 is 0. The molecule has 4 nitrogen and oxygen atoms in total. The van der Waals surface area contributed by atoms with E-state index in [0.717, 1.165) is 31.6 Å². The van der Waals surface area contributed by atoms with E-state index in [1.165, 1.54) is 16.2 Å². The predicted octanol–water partition coefficient (Wildman–Crippen LogP) is 1.02. The highest BCUT2D eigenvalue weighted by atomic mass is 16.3. The Labute approximate surface area is 150 Å². The van der Waals surface area contributed by atoms with Gasteiger partial charge in [0.05, 0.1) is 19.6 Å². The topological polar surface area (TPSA) is 45.0 Å². The van der Waals surface area contributed by atoms with Gasteiger partial charge in [0, 0.05) is 30.2 Å². The number of benzene rings is 1. The molecule has 1 saturated heterocycles. The van der Waals surface area contributed by atoms with Crippen molar-refractivity contribution in [2.75, 3.05) is 20.1 Å². The van der Waals surface area contributed by atoms with E-state index in [1.807, 2.05) is 6.07 Å². The molecule has 3 aliphatic rings. The number of Topliss-reactive ketones (excluding diaryl/α,β-unsaturated/α-hetero) is 1. The predicted molar refractivity (Wildman–Crippen MR) is 96.9 cm³/mol. The molecule has 25 heavy (non-hydrogen) atoms. The van der Waals surface area contributed by atoms with E-state index in [-0.39, 0.29) is 23.2 Å². The Morgan fingerprint density at radius 3 is 2.64 bits per heavy atom. The Morgan fingerprint density at radius 2 is 1.92 bits per heavy atom. The Bertz CT molecular complexity index is 710. The molecule has 2 N–H and O–H groups in total. The molecule has 0 radical (unpaired) electrons. The van der Waals surface area contributed by atoms with Gasteiger partial charge in [-0.05, 0) is 17.4 Å². The van der Waals surface area contributed by atoms with Gasteiger partial charge in [-0.2, -0.15) is 0 Å². The average Bonchev–Trinajstić information content (AvgIpc) is 2.82. The minimum atomic E-state index is -0.422. The molecule has 1 unspecified atom stereocenters. The van der Waals surface area contributed by atoms with Crippen LogP contribution in [0.15, 0.2) is 41.6 Å². The van der Waals surface area contributed by atoms with Gasteiger partial charge >= 0.3 is 0 Å². The molecule has 0 amide bonds. The smallest absolute Gasteiger partial charge is 0.161 e. The summed E-state index contributed by atoms with van der Waals surface area (Å²) in [6.45, 7) is 6.91. The van der Waals surface area contributed by atoms with Gasteiger partial charge in [-0.15, -0.1) is 0 Å². The van der Waals surface area contributed by atoms with Crippen LogP contribution >= 0.6 is 0 Å². The van der Waals surface area contributed by atoms with Crippen LogP contribution in [0.5, 0.6) is 0 Å². The number of allylic oxidation sites excluding steroid dienone is 1. The van der Waals surface area contributed by atoms with E-state index in [0.29, 0.717) is 6.42 Å². The standard InChI is InChI=1S/C21H28N2O2/c1-21(2)9-15-19(17(24)10-21)20-16(12-22(3)13-18(20)25)23(15)11-14-7-5-4-6-8-14/h4-8,16,18,20,25H,9-13H2,1-3H3/p+1/t16-,18-,20+/m0/s1. The molecule has 1 aromatic rings. The van der Waals surface area contributed by atoms with Crippen molar-refractivity contribution in [3.05, 3.63) is 47.2 Å². The molecule has 2 aliphatic heterocycles. The van der Waals surface area contributed by atoms with E-state index >= 15 is 0 Å². The zero-order valence-electron chi connectivity index (χ0n) is 15.5. The molecule has 0 saturated carbocycles. The number of fused-ring (bicyclic) bond motifs is 2. The van der Waals surface area contributed by atoms with Crippen molar-refractivity contribution in [1.29, 1.82) is 0 Å². The van der Waals surface area contributed by atoms with Gasteiger partial charge in [-0.25, -0.2) is 0 Å². The maximum atomic E-state index is 13.0. The number of likely N-dealkylation sites (N-methyl/N-ethyl adjacent to an activating group) is 1. The zero-order valence-corrected chi connectivity index (χ0v) is 15.5. The van der Waals surface area contributed by atoms with E-state index in [4.69, 9.17) is 0 Å². The molecule has 1 aromatic carbocycles. The monoisotopic (exact) mass is 341 g/mol. The molecule has 4 rings (SSSR count). The third kappa shape index (κ3) is 2.91. The van der Waals surface area contributed by atoms with Crippen molar-refractivity contribution in [3.63, 3.8) is 0 Å². The molecule has 4 heteroatoms. The van der Waals surface area contributed by atoms with Gasteiger partial charge < -0.3 is 14.9 Å². The number of nitrogens with one attached hydrogen (secondary N) is 1. The minimum absolute atomic E-state index is 0.00204. The summed E-state index contributed by atoms with van der Waals surface area (Å²) in [4.78, 5) is 16.8. The van der Waals surface area contributed by atoms with Crippen LogP contribution in [0, 0.1) is 11.3 Å². The van der Waals surface area contributed by atoms with Crippen LogP contribution in [-0.2, 0) is 11.3 Å². The summed E-state index contributed by atoms with van der Waals surface area (Å²) in [6.07, 6.45) is 1.11. The van der Waals surface area contributed by atoms with Crippen molar-refractivity contribution in [2.24, 2.45) is 11.3 Å². The van der Waals surface area contributed by atoms with Gasteiger partial charge in [-0.3, -0.25) is 4.79 Å². The second kappa shape index (κ2) is 5.96. The second-order valence-electron chi connectivity index (χ2n) is 8.94. The third-order valence-corrected chi connectivity index (χ3v) is 6.12. The highest BCUT2D eigenvalue weighted by molar-refractivity contribution is 5.98. The molecule has 0 spiro atoms. The van der Waals surface area contributed by atoms with Crippen LogP contribution in [0.4, 0.5) is 0 Å². The molecule has 4 atom stereocenters. The third-order valence-electron chi connectivity index (χ3n) is 6.12.